The van der Waals surface area contributed by atoms with Crippen LogP contribution in [0, 0.1) is 6.92 Å². The molecule has 0 radical (unpaired) electrons. The van der Waals surface area contributed by atoms with Gasteiger partial charge in [0.25, 0.3) is 5.91 Å². The molecule has 2 aliphatic heterocycles. The number of imidazole rings is 1. The Balaban J connectivity index is 1.43. The summed E-state index contributed by atoms with van der Waals surface area (Å²) in [6, 6.07) is 4.16. The zero-order valence-electron chi connectivity index (χ0n) is 14.4. The molecule has 134 valence electrons. The van der Waals surface area contributed by atoms with E-state index in [0.717, 1.165) is 25.2 Å². The Kier molecular flexibility index (Phi) is 4.45. The maximum Gasteiger partial charge on any atom is 0.255 e. The summed E-state index contributed by atoms with van der Waals surface area (Å²) in [6.07, 6.45) is 5.48. The standard InChI is InChI=1S/C18H24N4O3/c1-12-8-21-5-2-3-16(17(21)19-12)18(24)20-13-7-14-11-25-15(4-6-23)10-22(14)9-13/h2-3,5,8,13-15,23H,4,6-7,9-11H2,1H3,(H,20,24)/t13-,14+,15+/m1/s1. The first-order chi connectivity index (χ1) is 12.1. The van der Waals surface area contributed by atoms with Crippen LogP contribution in [-0.4, -0.2) is 69.8 Å². The summed E-state index contributed by atoms with van der Waals surface area (Å²) >= 11 is 0. The maximum absolute atomic E-state index is 12.7. The van der Waals surface area contributed by atoms with Gasteiger partial charge in [0.1, 0.15) is 5.65 Å². The molecular formula is C18H24N4O3. The normalized spacial score (nSPS) is 26.7. The van der Waals surface area contributed by atoms with Crippen LogP contribution in [0.4, 0.5) is 0 Å². The van der Waals surface area contributed by atoms with Gasteiger partial charge in [-0.05, 0) is 31.9 Å². The Morgan fingerprint density at radius 3 is 3.20 bits per heavy atom. The Labute approximate surface area is 146 Å². The Hall–Kier alpha value is -1.96. The minimum atomic E-state index is -0.0751. The molecule has 7 nitrogen and oxygen atoms in total. The van der Waals surface area contributed by atoms with Crippen molar-refractivity contribution in [3.8, 4) is 0 Å². The fraction of sp³-hybridized carbons (Fsp3) is 0.556. The molecule has 2 saturated heterocycles. The lowest BCUT2D eigenvalue weighted by Crippen LogP contribution is -2.46. The molecule has 7 heteroatoms. The molecule has 0 spiro atoms. The molecule has 4 rings (SSSR count). The van der Waals surface area contributed by atoms with Crippen LogP contribution in [-0.2, 0) is 4.74 Å². The number of morpholine rings is 1. The smallest absolute Gasteiger partial charge is 0.255 e. The number of aryl methyl sites for hydroxylation is 1. The van der Waals surface area contributed by atoms with Gasteiger partial charge in [-0.1, -0.05) is 0 Å². The maximum atomic E-state index is 12.7. The third-order valence-electron chi connectivity index (χ3n) is 5.12. The molecule has 3 atom stereocenters. The van der Waals surface area contributed by atoms with Crippen LogP contribution >= 0.6 is 0 Å². The van der Waals surface area contributed by atoms with Gasteiger partial charge in [0, 0.05) is 44.2 Å². The van der Waals surface area contributed by atoms with E-state index in [9.17, 15) is 4.79 Å². The summed E-state index contributed by atoms with van der Waals surface area (Å²) in [5.74, 6) is -0.0751. The minimum Gasteiger partial charge on any atom is -0.396 e. The number of nitrogens with one attached hydrogen (secondary N) is 1. The first-order valence-electron chi connectivity index (χ1n) is 8.85. The van der Waals surface area contributed by atoms with Gasteiger partial charge in [0.2, 0.25) is 0 Å². The number of aliphatic hydroxyl groups excluding tert-OH is 1. The van der Waals surface area contributed by atoms with Crippen LogP contribution < -0.4 is 5.32 Å². The second kappa shape index (κ2) is 6.74. The molecule has 4 heterocycles. The number of rotatable bonds is 4. The topological polar surface area (TPSA) is 79.1 Å². The highest BCUT2D eigenvalue weighted by Gasteiger charge is 2.37. The lowest BCUT2D eigenvalue weighted by atomic mass is 10.1. The van der Waals surface area contributed by atoms with E-state index in [1.54, 1.807) is 0 Å². The lowest BCUT2D eigenvalue weighted by molar-refractivity contribution is -0.0566. The Morgan fingerprint density at radius 2 is 2.36 bits per heavy atom. The molecule has 25 heavy (non-hydrogen) atoms. The molecular weight excluding hydrogens is 320 g/mol. The van der Waals surface area contributed by atoms with Crippen molar-refractivity contribution in [2.24, 2.45) is 0 Å². The van der Waals surface area contributed by atoms with Crippen molar-refractivity contribution >= 4 is 11.6 Å². The number of carbonyl (C=O) groups excluding carboxylic acids is 1. The van der Waals surface area contributed by atoms with Gasteiger partial charge in [0.05, 0.1) is 24.0 Å². The van der Waals surface area contributed by atoms with Crippen molar-refractivity contribution in [3.63, 3.8) is 0 Å². The third-order valence-corrected chi connectivity index (χ3v) is 5.12. The number of ether oxygens (including phenoxy) is 1. The second-order valence-corrected chi connectivity index (χ2v) is 7.02. The van der Waals surface area contributed by atoms with Crippen molar-refractivity contribution in [1.29, 1.82) is 0 Å². The van der Waals surface area contributed by atoms with Crippen molar-refractivity contribution in [1.82, 2.24) is 19.6 Å². The monoisotopic (exact) mass is 344 g/mol. The van der Waals surface area contributed by atoms with Gasteiger partial charge in [-0.2, -0.15) is 0 Å². The van der Waals surface area contributed by atoms with Gasteiger partial charge in [-0.15, -0.1) is 0 Å². The van der Waals surface area contributed by atoms with Gasteiger partial charge < -0.3 is 19.6 Å². The van der Waals surface area contributed by atoms with Crippen molar-refractivity contribution in [3.05, 3.63) is 35.8 Å². The Bertz CT molecular complexity index is 775. The second-order valence-electron chi connectivity index (χ2n) is 7.02. The quantitative estimate of drug-likeness (QED) is 0.849. The average Bonchev–Trinajstić information content (AvgIpc) is 3.15. The van der Waals surface area contributed by atoms with Crippen LogP contribution in [0.1, 0.15) is 28.9 Å². The summed E-state index contributed by atoms with van der Waals surface area (Å²) < 4.78 is 7.69. The summed E-state index contributed by atoms with van der Waals surface area (Å²) in [4.78, 5) is 19.6. The van der Waals surface area contributed by atoms with Crippen molar-refractivity contribution in [2.75, 3.05) is 26.3 Å². The highest BCUT2D eigenvalue weighted by Crippen LogP contribution is 2.24. The number of nitrogens with zero attached hydrogens (tertiary/aromatic N) is 3. The zero-order valence-corrected chi connectivity index (χ0v) is 14.4. The predicted molar refractivity (Wildman–Crippen MR) is 92.6 cm³/mol. The highest BCUT2D eigenvalue weighted by molar-refractivity contribution is 6.00. The minimum absolute atomic E-state index is 0.0751. The van der Waals surface area contributed by atoms with Gasteiger partial charge in [-0.25, -0.2) is 4.98 Å². The van der Waals surface area contributed by atoms with E-state index >= 15 is 0 Å². The van der Waals surface area contributed by atoms with Crippen LogP contribution in [0.5, 0.6) is 0 Å². The fourth-order valence-corrected chi connectivity index (χ4v) is 3.94. The Morgan fingerprint density at radius 1 is 1.48 bits per heavy atom. The van der Waals surface area contributed by atoms with E-state index < -0.39 is 0 Å². The van der Waals surface area contributed by atoms with Gasteiger partial charge >= 0.3 is 0 Å². The largest absolute Gasteiger partial charge is 0.396 e. The molecule has 2 aromatic heterocycles. The number of hydrogen-bond donors (Lipinski definition) is 2. The average molecular weight is 344 g/mol. The van der Waals surface area contributed by atoms with E-state index in [1.807, 2.05) is 35.9 Å². The summed E-state index contributed by atoms with van der Waals surface area (Å²) in [5, 5.41) is 12.2. The lowest BCUT2D eigenvalue weighted by Gasteiger charge is -2.34. The summed E-state index contributed by atoms with van der Waals surface area (Å²) in [5.41, 5.74) is 2.19. The molecule has 1 amide bonds. The van der Waals surface area contributed by atoms with Crippen LogP contribution in [0.15, 0.2) is 24.5 Å². The molecule has 2 aliphatic rings. The highest BCUT2D eigenvalue weighted by atomic mass is 16.5. The number of fused-ring (bicyclic) bond motifs is 2. The van der Waals surface area contributed by atoms with E-state index in [-0.39, 0.29) is 24.7 Å². The van der Waals surface area contributed by atoms with Crippen molar-refractivity contribution in [2.45, 2.75) is 38.0 Å². The van der Waals surface area contributed by atoms with Crippen molar-refractivity contribution < 1.29 is 14.6 Å². The molecule has 0 bridgehead atoms. The number of amides is 1. The van der Waals surface area contributed by atoms with E-state index in [2.05, 4.69) is 15.2 Å². The third kappa shape index (κ3) is 3.27. The number of carbonyl (C=O) groups is 1. The first-order valence-corrected chi connectivity index (χ1v) is 8.85. The molecule has 0 saturated carbocycles. The van der Waals surface area contributed by atoms with Crippen LogP contribution in [0.2, 0.25) is 0 Å². The molecule has 2 fully saturated rings. The first kappa shape index (κ1) is 16.5. The van der Waals surface area contributed by atoms with Gasteiger partial charge in [-0.3, -0.25) is 9.69 Å². The van der Waals surface area contributed by atoms with Crippen LogP contribution in [0.25, 0.3) is 5.65 Å². The molecule has 0 aliphatic carbocycles. The number of aliphatic hydroxyl groups is 1. The zero-order chi connectivity index (χ0) is 17.4. The predicted octanol–water partition coefficient (Wildman–Crippen LogP) is 0.597. The van der Waals surface area contributed by atoms with E-state index in [0.29, 0.717) is 30.3 Å². The number of aromatic nitrogens is 2. The number of pyridine rings is 1. The fourth-order valence-electron chi connectivity index (χ4n) is 3.94. The molecule has 2 aromatic rings. The molecule has 0 unspecified atom stereocenters. The van der Waals surface area contributed by atoms with Crippen LogP contribution in [0.3, 0.4) is 0 Å². The SMILES string of the molecule is Cc1cn2cccc(C(=O)N[C@@H]3C[C@H]4CO[C@@H](CCO)CN4C3)c2n1. The van der Waals surface area contributed by atoms with E-state index in [1.165, 1.54) is 0 Å². The van der Waals surface area contributed by atoms with Gasteiger partial charge in [0.15, 0.2) is 0 Å². The molecule has 2 N–H and O–H groups in total. The summed E-state index contributed by atoms with van der Waals surface area (Å²) in [7, 11) is 0. The van der Waals surface area contributed by atoms with E-state index in [4.69, 9.17) is 9.84 Å². The summed E-state index contributed by atoms with van der Waals surface area (Å²) in [6.45, 7) is 4.40. The number of hydrogen-bond acceptors (Lipinski definition) is 5. The molecule has 0 aromatic carbocycles.